The number of carbonyl (C=O) groups is 2. The number of carbonyl (C=O) groups excluding carboxylic acids is 2. The fraction of sp³-hybridized carbons (Fsp3) is 0.857. The van der Waals surface area contributed by atoms with Gasteiger partial charge >= 0.3 is 0 Å². The van der Waals surface area contributed by atoms with Crippen molar-refractivity contribution in [3.8, 4) is 0 Å². The smallest absolute Gasteiger partial charge is 0.237 e. The minimum atomic E-state index is -0.213. The Morgan fingerprint density at radius 2 is 2.16 bits per heavy atom. The van der Waals surface area contributed by atoms with Crippen LogP contribution in [0.3, 0.4) is 0 Å². The van der Waals surface area contributed by atoms with Crippen molar-refractivity contribution < 1.29 is 9.59 Å². The molecule has 2 N–H and O–H groups in total. The molecule has 2 aliphatic rings. The van der Waals surface area contributed by atoms with Crippen LogP contribution < -0.4 is 10.6 Å². The van der Waals surface area contributed by atoms with Crippen LogP contribution in [-0.4, -0.2) is 48.9 Å². The Morgan fingerprint density at radius 3 is 2.84 bits per heavy atom. The molecule has 1 aliphatic heterocycles. The lowest BCUT2D eigenvalue weighted by Crippen LogP contribution is -2.55. The van der Waals surface area contributed by atoms with Gasteiger partial charge in [-0.2, -0.15) is 0 Å². The fourth-order valence-corrected chi connectivity index (χ4v) is 2.94. The SMILES string of the molecule is C[C@@H](C(=O)NCC1CCCCC1)N1CCNC(=O)C1. The number of nitrogens with one attached hydrogen (secondary N) is 2. The molecule has 1 aliphatic carbocycles. The molecule has 5 heteroatoms. The van der Waals surface area contributed by atoms with Crippen LogP contribution in [-0.2, 0) is 9.59 Å². The van der Waals surface area contributed by atoms with Gasteiger partial charge in [0.25, 0.3) is 0 Å². The average Bonchev–Trinajstić information content (AvgIpc) is 2.45. The third-order valence-corrected chi connectivity index (χ3v) is 4.28. The summed E-state index contributed by atoms with van der Waals surface area (Å²) in [7, 11) is 0. The van der Waals surface area contributed by atoms with Gasteiger partial charge in [-0.3, -0.25) is 14.5 Å². The summed E-state index contributed by atoms with van der Waals surface area (Å²) >= 11 is 0. The lowest BCUT2D eigenvalue weighted by Gasteiger charge is -2.31. The summed E-state index contributed by atoms with van der Waals surface area (Å²) < 4.78 is 0. The molecule has 2 fully saturated rings. The maximum absolute atomic E-state index is 12.1. The first-order valence-corrected chi connectivity index (χ1v) is 7.45. The molecule has 108 valence electrons. The standard InChI is InChI=1S/C14H25N3O2/c1-11(17-8-7-15-13(18)10-17)14(19)16-9-12-5-3-2-4-6-12/h11-12H,2-10H2,1H3,(H,15,18)(H,16,19)/t11-/m0/s1. The van der Waals surface area contributed by atoms with Gasteiger partial charge in [-0.1, -0.05) is 19.3 Å². The molecule has 19 heavy (non-hydrogen) atoms. The summed E-state index contributed by atoms with van der Waals surface area (Å²) in [4.78, 5) is 25.4. The monoisotopic (exact) mass is 267 g/mol. The molecule has 0 spiro atoms. The van der Waals surface area contributed by atoms with Crippen LogP contribution in [0.2, 0.25) is 0 Å². The van der Waals surface area contributed by atoms with E-state index in [-0.39, 0.29) is 17.9 Å². The van der Waals surface area contributed by atoms with Crippen molar-refractivity contribution in [1.82, 2.24) is 15.5 Å². The Hall–Kier alpha value is -1.10. The number of piperazine rings is 1. The first kappa shape index (κ1) is 14.3. The summed E-state index contributed by atoms with van der Waals surface area (Å²) in [5.74, 6) is 0.716. The van der Waals surface area contributed by atoms with Crippen LogP contribution in [0.1, 0.15) is 39.0 Å². The van der Waals surface area contributed by atoms with E-state index in [1.54, 1.807) is 0 Å². The van der Waals surface area contributed by atoms with Gasteiger partial charge in [-0.05, 0) is 25.7 Å². The van der Waals surface area contributed by atoms with E-state index in [0.717, 1.165) is 13.1 Å². The van der Waals surface area contributed by atoms with Crippen molar-refractivity contribution in [2.45, 2.75) is 45.1 Å². The van der Waals surface area contributed by atoms with Gasteiger partial charge < -0.3 is 10.6 Å². The Labute approximate surface area is 115 Å². The van der Waals surface area contributed by atoms with Gasteiger partial charge in [0.1, 0.15) is 0 Å². The normalized spacial score (nSPS) is 23.7. The molecule has 0 aromatic heterocycles. The second kappa shape index (κ2) is 6.89. The second-order valence-electron chi connectivity index (χ2n) is 5.75. The second-order valence-corrected chi connectivity index (χ2v) is 5.75. The number of hydrogen-bond donors (Lipinski definition) is 2. The fourth-order valence-electron chi connectivity index (χ4n) is 2.94. The summed E-state index contributed by atoms with van der Waals surface area (Å²) in [5.41, 5.74) is 0. The van der Waals surface area contributed by atoms with E-state index >= 15 is 0 Å². The van der Waals surface area contributed by atoms with Crippen molar-refractivity contribution in [1.29, 1.82) is 0 Å². The van der Waals surface area contributed by atoms with Crippen molar-refractivity contribution in [2.75, 3.05) is 26.2 Å². The molecular formula is C14H25N3O2. The molecule has 2 amide bonds. The zero-order valence-electron chi connectivity index (χ0n) is 11.8. The largest absolute Gasteiger partial charge is 0.354 e. The molecule has 0 unspecified atom stereocenters. The van der Waals surface area contributed by atoms with Crippen LogP contribution in [0.15, 0.2) is 0 Å². The van der Waals surface area contributed by atoms with E-state index in [0.29, 0.717) is 19.0 Å². The molecule has 0 aromatic carbocycles. The zero-order valence-corrected chi connectivity index (χ0v) is 11.8. The summed E-state index contributed by atoms with van der Waals surface area (Å²) in [5, 5.41) is 5.83. The summed E-state index contributed by atoms with van der Waals surface area (Å²) in [6.45, 7) is 4.40. The van der Waals surface area contributed by atoms with Gasteiger partial charge in [0.15, 0.2) is 0 Å². The van der Waals surface area contributed by atoms with Crippen LogP contribution in [0.25, 0.3) is 0 Å². The van der Waals surface area contributed by atoms with Crippen molar-refractivity contribution in [2.24, 2.45) is 5.92 Å². The van der Waals surface area contributed by atoms with E-state index in [1.165, 1.54) is 32.1 Å². The minimum absolute atomic E-state index is 0.0122. The number of nitrogens with zero attached hydrogens (tertiary/aromatic N) is 1. The third kappa shape index (κ3) is 4.20. The summed E-state index contributed by atoms with van der Waals surface area (Å²) in [6, 6.07) is -0.213. The molecular weight excluding hydrogens is 242 g/mol. The molecule has 0 radical (unpaired) electrons. The summed E-state index contributed by atoms with van der Waals surface area (Å²) in [6.07, 6.45) is 6.40. The predicted octanol–water partition coefficient (Wildman–Crippen LogP) is 0.503. The predicted molar refractivity (Wildman–Crippen MR) is 73.6 cm³/mol. The van der Waals surface area contributed by atoms with E-state index in [2.05, 4.69) is 10.6 Å². The van der Waals surface area contributed by atoms with E-state index in [1.807, 2.05) is 11.8 Å². The van der Waals surface area contributed by atoms with Gasteiger partial charge in [-0.15, -0.1) is 0 Å². The molecule has 1 saturated heterocycles. The molecule has 0 bridgehead atoms. The Morgan fingerprint density at radius 1 is 1.42 bits per heavy atom. The van der Waals surface area contributed by atoms with Crippen molar-refractivity contribution >= 4 is 11.8 Å². The van der Waals surface area contributed by atoms with Gasteiger partial charge in [-0.25, -0.2) is 0 Å². The van der Waals surface area contributed by atoms with Crippen LogP contribution in [0.5, 0.6) is 0 Å². The molecule has 5 nitrogen and oxygen atoms in total. The van der Waals surface area contributed by atoms with Gasteiger partial charge in [0, 0.05) is 19.6 Å². The molecule has 1 saturated carbocycles. The van der Waals surface area contributed by atoms with Crippen molar-refractivity contribution in [3.63, 3.8) is 0 Å². The highest BCUT2D eigenvalue weighted by Gasteiger charge is 2.26. The number of hydrogen-bond acceptors (Lipinski definition) is 3. The molecule has 1 atom stereocenters. The Bertz CT molecular complexity index is 327. The highest BCUT2D eigenvalue weighted by atomic mass is 16.2. The van der Waals surface area contributed by atoms with Gasteiger partial charge in [0.2, 0.25) is 11.8 Å². The van der Waals surface area contributed by atoms with Crippen LogP contribution in [0, 0.1) is 5.92 Å². The van der Waals surface area contributed by atoms with Crippen LogP contribution >= 0.6 is 0 Å². The Balaban J connectivity index is 1.73. The van der Waals surface area contributed by atoms with E-state index in [9.17, 15) is 9.59 Å². The molecule has 0 aromatic rings. The van der Waals surface area contributed by atoms with Gasteiger partial charge in [0.05, 0.1) is 12.6 Å². The first-order chi connectivity index (χ1) is 9.16. The van der Waals surface area contributed by atoms with Crippen molar-refractivity contribution in [3.05, 3.63) is 0 Å². The highest BCUT2D eigenvalue weighted by molar-refractivity contribution is 5.83. The highest BCUT2D eigenvalue weighted by Crippen LogP contribution is 2.22. The maximum Gasteiger partial charge on any atom is 0.237 e. The minimum Gasteiger partial charge on any atom is -0.354 e. The number of amides is 2. The first-order valence-electron chi connectivity index (χ1n) is 7.45. The molecule has 1 heterocycles. The maximum atomic E-state index is 12.1. The van der Waals surface area contributed by atoms with E-state index < -0.39 is 0 Å². The zero-order chi connectivity index (χ0) is 13.7. The quantitative estimate of drug-likeness (QED) is 0.780. The third-order valence-electron chi connectivity index (χ3n) is 4.28. The van der Waals surface area contributed by atoms with Crippen LogP contribution in [0.4, 0.5) is 0 Å². The lowest BCUT2D eigenvalue weighted by molar-refractivity contribution is -0.130. The average molecular weight is 267 g/mol. The lowest BCUT2D eigenvalue weighted by atomic mass is 9.89. The number of rotatable bonds is 4. The van der Waals surface area contributed by atoms with E-state index in [4.69, 9.17) is 0 Å². The Kier molecular flexibility index (Phi) is 5.19. The topological polar surface area (TPSA) is 61.4 Å². The molecule has 2 rings (SSSR count).